The van der Waals surface area contributed by atoms with E-state index in [2.05, 4.69) is 18.2 Å². The lowest BCUT2D eigenvalue weighted by Gasteiger charge is -2.36. The zero-order chi connectivity index (χ0) is 36.1. The largest absolute Gasteiger partial charge is 0.367 e. The minimum absolute atomic E-state index is 0.0452. The highest BCUT2D eigenvalue weighted by Crippen LogP contribution is 2.51. The number of nitro benzene ring substituents is 2. The van der Waals surface area contributed by atoms with Crippen LogP contribution in [0.4, 0.5) is 40.3 Å². The third-order valence-electron chi connectivity index (χ3n) is 9.98. The summed E-state index contributed by atoms with van der Waals surface area (Å²) >= 11 is 11.9. The third-order valence-corrected chi connectivity index (χ3v) is 10.6. The predicted octanol–water partition coefficient (Wildman–Crippen LogP) is 11.0. The molecule has 262 valence electrons. The van der Waals surface area contributed by atoms with E-state index in [4.69, 9.17) is 23.2 Å². The van der Waals surface area contributed by atoms with Crippen LogP contribution in [0.5, 0.6) is 0 Å². The molecular formula is C37H28Cl2F4N4O4. The highest BCUT2D eigenvalue weighted by Gasteiger charge is 2.41. The van der Waals surface area contributed by atoms with E-state index in [1.54, 1.807) is 4.90 Å². The second kappa shape index (κ2) is 13.6. The van der Waals surface area contributed by atoms with Crippen LogP contribution in [0.25, 0.3) is 10.8 Å². The Morgan fingerprint density at radius 1 is 0.627 bits per heavy atom. The summed E-state index contributed by atoms with van der Waals surface area (Å²) in [6, 6.07) is 17.7. The molecule has 5 aromatic rings. The highest BCUT2D eigenvalue weighted by atomic mass is 35.5. The Labute approximate surface area is 299 Å². The second-order valence-electron chi connectivity index (χ2n) is 12.8. The van der Waals surface area contributed by atoms with Gasteiger partial charge in [-0.3, -0.25) is 20.2 Å². The van der Waals surface area contributed by atoms with Gasteiger partial charge in [0.2, 0.25) is 0 Å². The van der Waals surface area contributed by atoms with Crippen LogP contribution in [0.1, 0.15) is 60.4 Å². The summed E-state index contributed by atoms with van der Waals surface area (Å²) in [6.07, 6.45) is 1.39. The van der Waals surface area contributed by atoms with Crippen molar-refractivity contribution in [2.75, 3.05) is 22.9 Å². The van der Waals surface area contributed by atoms with E-state index in [0.29, 0.717) is 25.9 Å². The molecule has 2 saturated heterocycles. The molecule has 5 aromatic carbocycles. The first kappa shape index (κ1) is 34.5. The molecule has 2 aliphatic rings. The van der Waals surface area contributed by atoms with Crippen molar-refractivity contribution < 1.29 is 27.4 Å². The van der Waals surface area contributed by atoms with Gasteiger partial charge < -0.3 is 9.80 Å². The number of nitrogens with zero attached hydrogens (tertiary/aromatic N) is 4. The minimum atomic E-state index is -1.09. The fraction of sp³-hybridized carbons (Fsp3) is 0.243. The standard InChI is InChI=1S/C37H28Cl2F4N4O4/c38-27-18-29(40)25(16-35(27)46(48)49)33-7-8-34(26-17-36(47(50)51)28(39)19-30(26)41)45(33)24-14-31(42)37(32(43)15-24)44-11-9-21(10-12-44)23-6-5-20-3-1-2-4-22(20)13-23/h1-6,13-19,21,33-34H,7-12H2/t33-,34-/m1/s1. The van der Waals surface area contributed by atoms with Gasteiger partial charge in [0.15, 0.2) is 11.6 Å². The quantitative estimate of drug-likeness (QED) is 0.0937. The minimum Gasteiger partial charge on any atom is -0.367 e. The van der Waals surface area contributed by atoms with Gasteiger partial charge in [-0.25, -0.2) is 17.6 Å². The van der Waals surface area contributed by atoms with Crippen LogP contribution >= 0.6 is 23.2 Å². The van der Waals surface area contributed by atoms with Gasteiger partial charge in [0, 0.05) is 42.0 Å². The lowest BCUT2D eigenvalue weighted by Crippen LogP contribution is -2.34. The molecule has 0 N–H and O–H groups in total. The number of halogens is 6. The summed E-state index contributed by atoms with van der Waals surface area (Å²) in [4.78, 5) is 24.8. The summed E-state index contributed by atoms with van der Waals surface area (Å²) in [5.41, 5.74) is -0.809. The van der Waals surface area contributed by atoms with E-state index in [-0.39, 0.29) is 41.3 Å². The Bertz CT molecular complexity index is 2120. The fourth-order valence-corrected chi connectivity index (χ4v) is 8.02. The van der Waals surface area contributed by atoms with Crippen molar-refractivity contribution in [3.63, 3.8) is 0 Å². The van der Waals surface area contributed by atoms with Crippen LogP contribution in [0.15, 0.2) is 78.9 Å². The van der Waals surface area contributed by atoms with Gasteiger partial charge in [0.1, 0.15) is 27.4 Å². The summed E-state index contributed by atoms with van der Waals surface area (Å²) in [5, 5.41) is 24.7. The van der Waals surface area contributed by atoms with Crippen molar-refractivity contribution in [1.29, 1.82) is 0 Å². The van der Waals surface area contributed by atoms with Crippen molar-refractivity contribution in [3.8, 4) is 0 Å². The first-order valence-corrected chi connectivity index (χ1v) is 16.9. The SMILES string of the molecule is O=[N+]([O-])c1cc([C@H]2CC[C@H](c3cc([N+](=O)[O-])c(Cl)cc3F)N2c2cc(F)c(N3CCC(c4ccc5ccccc5c4)CC3)c(F)c2)c(F)cc1Cl. The van der Waals surface area contributed by atoms with Gasteiger partial charge in [0.25, 0.3) is 11.4 Å². The maximum absolute atomic E-state index is 16.1. The van der Waals surface area contributed by atoms with Crippen molar-refractivity contribution in [1.82, 2.24) is 0 Å². The number of fused-ring (bicyclic) bond motifs is 1. The number of benzene rings is 5. The molecule has 2 heterocycles. The van der Waals surface area contributed by atoms with Crippen LogP contribution in [0.3, 0.4) is 0 Å². The van der Waals surface area contributed by atoms with Crippen LogP contribution in [0, 0.1) is 43.5 Å². The summed E-state index contributed by atoms with van der Waals surface area (Å²) < 4.78 is 63.3. The first-order valence-electron chi connectivity index (χ1n) is 16.2. The zero-order valence-corrected chi connectivity index (χ0v) is 28.2. The molecule has 8 nitrogen and oxygen atoms in total. The average Bonchev–Trinajstić information content (AvgIpc) is 3.52. The number of nitro groups is 2. The van der Waals surface area contributed by atoms with Crippen molar-refractivity contribution in [2.24, 2.45) is 0 Å². The van der Waals surface area contributed by atoms with E-state index in [0.717, 1.165) is 52.7 Å². The van der Waals surface area contributed by atoms with Gasteiger partial charge in [-0.1, -0.05) is 65.7 Å². The zero-order valence-electron chi connectivity index (χ0n) is 26.7. The molecule has 0 saturated carbocycles. The average molecular weight is 740 g/mol. The van der Waals surface area contributed by atoms with Crippen LogP contribution in [0.2, 0.25) is 10.0 Å². The molecule has 0 spiro atoms. The number of rotatable bonds is 7. The Balaban J connectivity index is 1.24. The number of piperidine rings is 1. The first-order chi connectivity index (χ1) is 24.4. The Morgan fingerprint density at radius 2 is 1.14 bits per heavy atom. The second-order valence-corrected chi connectivity index (χ2v) is 13.6. The smallest absolute Gasteiger partial charge is 0.288 e. The number of hydrogen-bond donors (Lipinski definition) is 0. The molecule has 0 aromatic heterocycles. The molecule has 0 bridgehead atoms. The van der Waals surface area contributed by atoms with Gasteiger partial charge in [-0.2, -0.15) is 0 Å². The maximum Gasteiger partial charge on any atom is 0.288 e. The van der Waals surface area contributed by atoms with Crippen molar-refractivity contribution in [3.05, 3.63) is 149 Å². The molecular weight excluding hydrogens is 711 g/mol. The van der Waals surface area contributed by atoms with Gasteiger partial charge in [0.05, 0.1) is 21.9 Å². The van der Waals surface area contributed by atoms with Gasteiger partial charge >= 0.3 is 0 Å². The lowest BCUT2D eigenvalue weighted by atomic mass is 9.88. The van der Waals surface area contributed by atoms with E-state index in [1.807, 2.05) is 24.3 Å². The molecule has 0 amide bonds. The molecule has 7 rings (SSSR count). The van der Waals surface area contributed by atoms with Crippen molar-refractivity contribution >= 4 is 56.7 Å². The molecule has 14 heteroatoms. The Kier molecular flexibility index (Phi) is 9.23. The molecule has 0 aliphatic carbocycles. The topological polar surface area (TPSA) is 92.8 Å². The monoisotopic (exact) mass is 738 g/mol. The van der Waals surface area contributed by atoms with E-state index < -0.39 is 66.6 Å². The maximum atomic E-state index is 16.1. The van der Waals surface area contributed by atoms with E-state index >= 15 is 17.6 Å². The Hall–Kier alpha value is -4.94. The van der Waals surface area contributed by atoms with E-state index in [9.17, 15) is 20.2 Å². The highest BCUT2D eigenvalue weighted by molar-refractivity contribution is 6.33. The number of hydrogen-bond acceptors (Lipinski definition) is 6. The molecule has 0 unspecified atom stereocenters. The van der Waals surface area contributed by atoms with E-state index in [1.165, 1.54) is 4.90 Å². The Morgan fingerprint density at radius 3 is 1.65 bits per heavy atom. The lowest BCUT2D eigenvalue weighted by molar-refractivity contribution is -0.384. The van der Waals surface area contributed by atoms with Gasteiger partial charge in [-0.15, -0.1) is 0 Å². The molecule has 0 radical (unpaired) electrons. The van der Waals surface area contributed by atoms with Crippen LogP contribution < -0.4 is 9.80 Å². The summed E-state index contributed by atoms with van der Waals surface area (Å²) in [6.45, 7) is 0.748. The van der Waals surface area contributed by atoms with Crippen molar-refractivity contribution in [2.45, 2.75) is 43.7 Å². The molecule has 2 atom stereocenters. The van der Waals surface area contributed by atoms with Crippen LogP contribution in [-0.4, -0.2) is 22.9 Å². The summed E-state index contributed by atoms with van der Waals surface area (Å²) in [7, 11) is 0. The fourth-order valence-electron chi connectivity index (χ4n) is 7.58. The molecule has 51 heavy (non-hydrogen) atoms. The van der Waals surface area contributed by atoms with Crippen LogP contribution in [-0.2, 0) is 0 Å². The molecule has 2 aliphatic heterocycles. The number of anilines is 2. The normalized spacial score (nSPS) is 18.1. The summed E-state index contributed by atoms with van der Waals surface area (Å²) in [5.74, 6) is -3.47. The third kappa shape index (κ3) is 6.42. The van der Waals surface area contributed by atoms with Gasteiger partial charge in [-0.05, 0) is 72.2 Å². The predicted molar refractivity (Wildman–Crippen MR) is 188 cm³/mol. The molecule has 2 fully saturated rings.